The maximum absolute atomic E-state index is 12.9. The second-order valence-corrected chi connectivity index (χ2v) is 8.57. The van der Waals surface area contributed by atoms with E-state index in [1.54, 1.807) is 12.1 Å². The molecule has 1 fully saturated rings. The van der Waals surface area contributed by atoms with E-state index in [4.69, 9.17) is 0 Å². The molecule has 164 valence electrons. The Morgan fingerprint density at radius 3 is 2.14 bits per heavy atom. The largest absolute Gasteiger partial charge is 0.425 e. The van der Waals surface area contributed by atoms with Gasteiger partial charge in [-0.3, -0.25) is 0 Å². The van der Waals surface area contributed by atoms with Crippen molar-refractivity contribution in [2.45, 2.75) is 103 Å². The zero-order chi connectivity index (χ0) is 20.9. The van der Waals surface area contributed by atoms with Crippen molar-refractivity contribution in [2.24, 2.45) is 5.92 Å². The average Bonchev–Trinajstić information content (AvgIpc) is 2.76. The molecule has 0 radical (unpaired) electrons. The van der Waals surface area contributed by atoms with Gasteiger partial charge in [-0.15, -0.1) is 0 Å². The molecule has 0 N–H and O–H groups in total. The van der Waals surface area contributed by atoms with Crippen LogP contribution in [0.25, 0.3) is 0 Å². The smallest absolute Gasteiger partial charge is 0.340 e. The molecule has 29 heavy (non-hydrogen) atoms. The summed E-state index contributed by atoms with van der Waals surface area (Å²) in [5, 5.41) is 0. The highest BCUT2D eigenvalue weighted by atomic mass is 19.2. The van der Waals surface area contributed by atoms with Crippen molar-refractivity contribution < 1.29 is 18.3 Å². The minimum absolute atomic E-state index is 0.272. The van der Waals surface area contributed by atoms with Gasteiger partial charge in [0.25, 0.3) is 6.36 Å². The molecular formula is C25H38F2O2. The van der Waals surface area contributed by atoms with Gasteiger partial charge in [-0.05, 0) is 55.2 Å². The van der Waals surface area contributed by atoms with Gasteiger partial charge in [0.15, 0.2) is 6.67 Å². The zero-order valence-corrected chi connectivity index (χ0v) is 18.0. The van der Waals surface area contributed by atoms with E-state index in [0.717, 1.165) is 5.92 Å². The molecule has 1 aromatic rings. The number of carbonyl (C=O) groups excluding carboxylic acids is 1. The topological polar surface area (TPSA) is 26.3 Å². The molecule has 0 aromatic heterocycles. The molecule has 1 aliphatic carbocycles. The lowest BCUT2D eigenvalue weighted by Gasteiger charge is -2.29. The summed E-state index contributed by atoms with van der Waals surface area (Å²) < 4.78 is 29.4. The second-order valence-electron chi connectivity index (χ2n) is 8.57. The maximum Gasteiger partial charge on any atom is 0.340 e. The highest BCUT2D eigenvalue weighted by molar-refractivity contribution is 5.89. The predicted octanol–water partition coefficient (Wildman–Crippen LogP) is 7.91. The second kappa shape index (κ2) is 13.7. The molecule has 1 aliphatic rings. The molecule has 0 saturated heterocycles. The lowest BCUT2D eigenvalue weighted by molar-refractivity contribution is -0.0254. The van der Waals surface area contributed by atoms with Crippen LogP contribution >= 0.6 is 0 Å². The molecule has 2 nitrogen and oxygen atoms in total. The van der Waals surface area contributed by atoms with E-state index in [9.17, 15) is 13.6 Å². The summed E-state index contributed by atoms with van der Waals surface area (Å²) in [6.45, 7) is 0.949. The number of hydrogen-bond donors (Lipinski definition) is 0. The average molecular weight is 409 g/mol. The molecule has 0 heterocycles. The lowest BCUT2D eigenvalue weighted by atomic mass is 9.77. The van der Waals surface area contributed by atoms with Gasteiger partial charge in [0.05, 0.1) is 5.56 Å². The third-order valence-electron chi connectivity index (χ3n) is 6.29. The number of hydrogen-bond acceptors (Lipinski definition) is 2. The summed E-state index contributed by atoms with van der Waals surface area (Å²) in [5.41, 5.74) is 1.50. The Morgan fingerprint density at radius 2 is 1.55 bits per heavy atom. The molecule has 1 unspecified atom stereocenters. The third-order valence-corrected chi connectivity index (χ3v) is 6.29. The van der Waals surface area contributed by atoms with Crippen molar-refractivity contribution in [3.05, 3.63) is 35.4 Å². The first-order valence-corrected chi connectivity index (χ1v) is 11.6. The van der Waals surface area contributed by atoms with Crippen LogP contribution in [-0.2, 0) is 4.74 Å². The first kappa shape index (κ1) is 23.8. The fourth-order valence-electron chi connectivity index (χ4n) is 4.46. The minimum atomic E-state index is -2.18. The SMILES string of the molecule is CCCCCCCCCC[C@H]1CC[C@H](c2ccc(C(=O)OC(F)CF)cc2)CC1. The standard InChI is InChI=1S/C25H38F2O2/c1-2-3-4-5-6-7-8-9-10-20-11-13-21(14-12-20)22-15-17-23(18-16-22)25(28)29-24(27)19-26/h15-18,20-21,24H,2-14,19H2,1H3/t20-,21-,24?. The number of ether oxygens (including phenoxy) is 1. The van der Waals surface area contributed by atoms with Gasteiger partial charge in [0.1, 0.15) is 0 Å². The van der Waals surface area contributed by atoms with Crippen LogP contribution in [0, 0.1) is 5.92 Å². The van der Waals surface area contributed by atoms with Crippen LogP contribution < -0.4 is 0 Å². The first-order valence-electron chi connectivity index (χ1n) is 11.6. The number of unbranched alkanes of at least 4 members (excludes halogenated alkanes) is 7. The number of rotatable bonds is 13. The summed E-state index contributed by atoms with van der Waals surface area (Å²) in [6.07, 6.45) is 15.2. The van der Waals surface area contributed by atoms with Gasteiger partial charge in [0.2, 0.25) is 0 Å². The first-order chi connectivity index (χ1) is 14.1. The molecule has 0 aliphatic heterocycles. The number of alkyl halides is 2. The third kappa shape index (κ3) is 8.84. The van der Waals surface area contributed by atoms with Crippen molar-refractivity contribution in [3.63, 3.8) is 0 Å². The maximum atomic E-state index is 12.9. The van der Waals surface area contributed by atoms with Gasteiger partial charge >= 0.3 is 5.97 Å². The summed E-state index contributed by atoms with van der Waals surface area (Å²) in [6, 6.07) is 7.19. The molecule has 0 amide bonds. The van der Waals surface area contributed by atoms with E-state index in [1.807, 2.05) is 12.1 Å². The van der Waals surface area contributed by atoms with Crippen LogP contribution in [-0.4, -0.2) is 19.0 Å². The number of carbonyl (C=O) groups is 1. The van der Waals surface area contributed by atoms with Crippen molar-refractivity contribution in [3.8, 4) is 0 Å². The van der Waals surface area contributed by atoms with Gasteiger partial charge in [-0.25, -0.2) is 9.18 Å². The zero-order valence-electron chi connectivity index (χ0n) is 18.0. The van der Waals surface area contributed by atoms with Crippen LogP contribution in [0.15, 0.2) is 24.3 Å². The molecule has 2 rings (SSSR count). The van der Waals surface area contributed by atoms with E-state index in [0.29, 0.717) is 5.92 Å². The molecule has 0 spiro atoms. The fraction of sp³-hybridized carbons (Fsp3) is 0.720. The minimum Gasteiger partial charge on any atom is -0.425 e. The van der Waals surface area contributed by atoms with Crippen LogP contribution in [0.4, 0.5) is 8.78 Å². The highest BCUT2D eigenvalue weighted by Gasteiger charge is 2.22. The van der Waals surface area contributed by atoms with E-state index in [-0.39, 0.29) is 5.56 Å². The molecule has 1 saturated carbocycles. The molecule has 4 heteroatoms. The number of benzene rings is 1. The van der Waals surface area contributed by atoms with E-state index < -0.39 is 19.0 Å². The van der Waals surface area contributed by atoms with E-state index >= 15 is 0 Å². The fourth-order valence-corrected chi connectivity index (χ4v) is 4.46. The highest BCUT2D eigenvalue weighted by Crippen LogP contribution is 2.37. The Morgan fingerprint density at radius 1 is 0.966 bits per heavy atom. The van der Waals surface area contributed by atoms with Gasteiger partial charge in [0, 0.05) is 0 Å². The quantitative estimate of drug-likeness (QED) is 0.245. The summed E-state index contributed by atoms with van der Waals surface area (Å²) in [4.78, 5) is 11.7. The Bertz CT molecular complexity index is 565. The van der Waals surface area contributed by atoms with Crippen LogP contribution in [0.5, 0.6) is 0 Å². The van der Waals surface area contributed by atoms with Crippen LogP contribution in [0.3, 0.4) is 0 Å². The van der Waals surface area contributed by atoms with Crippen molar-refractivity contribution >= 4 is 5.97 Å². The molecule has 1 atom stereocenters. The molecule has 0 bridgehead atoms. The van der Waals surface area contributed by atoms with Crippen molar-refractivity contribution in [1.82, 2.24) is 0 Å². The summed E-state index contributed by atoms with van der Waals surface area (Å²) in [5.74, 6) is 0.591. The monoisotopic (exact) mass is 408 g/mol. The van der Waals surface area contributed by atoms with Crippen LogP contribution in [0.2, 0.25) is 0 Å². The van der Waals surface area contributed by atoms with Crippen molar-refractivity contribution in [1.29, 1.82) is 0 Å². The predicted molar refractivity (Wildman–Crippen MR) is 115 cm³/mol. The van der Waals surface area contributed by atoms with Crippen LogP contribution in [0.1, 0.15) is 112 Å². The Balaban J connectivity index is 1.63. The number of halogens is 2. The summed E-state index contributed by atoms with van der Waals surface area (Å²) in [7, 11) is 0. The number of esters is 1. The Hall–Kier alpha value is -1.45. The van der Waals surface area contributed by atoms with E-state index in [2.05, 4.69) is 11.7 Å². The lowest BCUT2D eigenvalue weighted by Crippen LogP contribution is -2.16. The van der Waals surface area contributed by atoms with Gasteiger partial charge in [-0.2, -0.15) is 4.39 Å². The normalized spacial score (nSPS) is 20.4. The van der Waals surface area contributed by atoms with Gasteiger partial charge < -0.3 is 4.74 Å². The van der Waals surface area contributed by atoms with Gasteiger partial charge in [-0.1, -0.05) is 76.8 Å². The molecular weight excluding hydrogens is 370 g/mol. The van der Waals surface area contributed by atoms with E-state index in [1.165, 1.54) is 89.0 Å². The Labute approximate surface area is 175 Å². The summed E-state index contributed by atoms with van der Waals surface area (Å²) >= 11 is 0. The van der Waals surface area contributed by atoms with Crippen molar-refractivity contribution in [2.75, 3.05) is 6.67 Å². The molecule has 1 aromatic carbocycles. The Kier molecular flexibility index (Phi) is 11.3.